The van der Waals surface area contributed by atoms with Crippen LogP contribution in [-0.2, 0) is 12.4 Å². The van der Waals surface area contributed by atoms with Crippen molar-refractivity contribution in [1.29, 1.82) is 0 Å². The molecule has 0 aromatic heterocycles. The average molecular weight is 261 g/mol. The molecule has 0 amide bonds. The van der Waals surface area contributed by atoms with E-state index in [9.17, 15) is 26.3 Å². The van der Waals surface area contributed by atoms with Gasteiger partial charge in [-0.25, -0.2) is 0 Å². The minimum atomic E-state index is -4.83. The zero-order chi connectivity index (χ0) is 12.6. The first-order valence-electron chi connectivity index (χ1n) is 3.81. The van der Waals surface area contributed by atoms with Gasteiger partial charge in [0.2, 0.25) is 0 Å². The van der Waals surface area contributed by atoms with Gasteiger partial charge in [0, 0.05) is 4.90 Å². The van der Waals surface area contributed by atoms with Gasteiger partial charge in [0.15, 0.2) is 0 Å². The minimum Gasteiger partial charge on any atom is -0.274 e. The Hall–Kier alpha value is -0.890. The Morgan fingerprint density at radius 1 is 0.812 bits per heavy atom. The highest BCUT2D eigenvalue weighted by atomic mass is 32.2. The third-order valence-electron chi connectivity index (χ3n) is 1.70. The molecule has 2 N–H and O–H groups in total. The van der Waals surface area contributed by atoms with Crippen LogP contribution in [0.25, 0.3) is 0 Å². The van der Waals surface area contributed by atoms with Crippen LogP contribution in [0, 0.1) is 0 Å². The fraction of sp³-hybridized carbons (Fsp3) is 0.250. The topological polar surface area (TPSA) is 26.0 Å². The lowest BCUT2D eigenvalue weighted by Gasteiger charge is -2.12. The van der Waals surface area contributed by atoms with Gasteiger partial charge >= 0.3 is 12.4 Å². The van der Waals surface area contributed by atoms with Crippen LogP contribution in [0.15, 0.2) is 23.1 Å². The molecule has 0 heterocycles. The lowest BCUT2D eigenvalue weighted by molar-refractivity contribution is -0.143. The summed E-state index contributed by atoms with van der Waals surface area (Å²) in [4.78, 5) is -0.290. The van der Waals surface area contributed by atoms with Gasteiger partial charge in [0.1, 0.15) is 0 Å². The van der Waals surface area contributed by atoms with E-state index in [0.29, 0.717) is 24.1 Å². The smallest absolute Gasteiger partial charge is 0.274 e. The molecule has 0 saturated carbocycles. The third-order valence-corrected chi connectivity index (χ3v) is 2.21. The van der Waals surface area contributed by atoms with E-state index in [1.165, 1.54) is 0 Å². The van der Waals surface area contributed by atoms with Gasteiger partial charge in [-0.05, 0) is 30.1 Å². The first-order chi connectivity index (χ1) is 7.14. The maximum absolute atomic E-state index is 12.3. The molecule has 16 heavy (non-hydrogen) atoms. The summed E-state index contributed by atoms with van der Waals surface area (Å²) in [5.74, 6) is 0. The molecule has 1 rings (SSSR count). The number of halogens is 6. The summed E-state index contributed by atoms with van der Waals surface area (Å²) in [5.41, 5.74) is -2.73. The van der Waals surface area contributed by atoms with Crippen LogP contribution >= 0.6 is 11.9 Å². The summed E-state index contributed by atoms with van der Waals surface area (Å²) in [6.45, 7) is 0. The number of benzene rings is 1. The van der Waals surface area contributed by atoms with Crippen molar-refractivity contribution >= 4 is 11.9 Å². The van der Waals surface area contributed by atoms with Gasteiger partial charge in [-0.3, -0.25) is 5.14 Å². The molecule has 0 spiro atoms. The van der Waals surface area contributed by atoms with Crippen molar-refractivity contribution in [2.24, 2.45) is 5.14 Å². The van der Waals surface area contributed by atoms with Crippen molar-refractivity contribution in [1.82, 2.24) is 0 Å². The second-order valence-electron chi connectivity index (χ2n) is 2.86. The monoisotopic (exact) mass is 261 g/mol. The van der Waals surface area contributed by atoms with E-state index in [1.54, 1.807) is 0 Å². The van der Waals surface area contributed by atoms with Crippen molar-refractivity contribution in [3.05, 3.63) is 29.3 Å². The standard InChI is InChI=1S/C8H5F6NS/c9-7(10,11)4-1-5(8(12,13)14)3-6(2-4)16-15/h1-3H,15H2. The van der Waals surface area contributed by atoms with E-state index in [4.69, 9.17) is 5.14 Å². The van der Waals surface area contributed by atoms with Gasteiger partial charge in [0.05, 0.1) is 11.1 Å². The molecule has 1 aromatic carbocycles. The van der Waals surface area contributed by atoms with Gasteiger partial charge in [0.25, 0.3) is 0 Å². The van der Waals surface area contributed by atoms with E-state index >= 15 is 0 Å². The molecule has 0 saturated heterocycles. The van der Waals surface area contributed by atoms with Crippen LogP contribution in [0.1, 0.15) is 11.1 Å². The van der Waals surface area contributed by atoms with Gasteiger partial charge in [-0.15, -0.1) is 0 Å². The second kappa shape index (κ2) is 4.17. The maximum atomic E-state index is 12.3. The highest BCUT2D eigenvalue weighted by Crippen LogP contribution is 2.37. The zero-order valence-electron chi connectivity index (χ0n) is 7.49. The molecule has 8 heteroatoms. The number of hydrogen-bond acceptors (Lipinski definition) is 2. The summed E-state index contributed by atoms with van der Waals surface area (Å²) in [5, 5.41) is 4.96. The summed E-state index contributed by atoms with van der Waals surface area (Å²) in [7, 11) is 0. The van der Waals surface area contributed by atoms with Crippen LogP contribution in [-0.4, -0.2) is 0 Å². The van der Waals surface area contributed by atoms with Crippen molar-refractivity contribution in [2.45, 2.75) is 17.2 Å². The summed E-state index contributed by atoms with van der Waals surface area (Å²) >= 11 is 0.329. The number of hydrogen-bond donors (Lipinski definition) is 1. The Kier molecular flexibility index (Phi) is 3.44. The Balaban J connectivity index is 3.33. The van der Waals surface area contributed by atoms with Gasteiger partial charge in [-0.1, -0.05) is 0 Å². The van der Waals surface area contributed by atoms with E-state index in [2.05, 4.69) is 0 Å². The predicted octanol–water partition coefficient (Wildman–Crippen LogP) is 3.69. The maximum Gasteiger partial charge on any atom is 0.416 e. The number of alkyl halides is 6. The Bertz CT molecular complexity index is 351. The molecule has 0 atom stereocenters. The van der Waals surface area contributed by atoms with E-state index < -0.39 is 23.5 Å². The molecule has 1 nitrogen and oxygen atoms in total. The summed E-state index contributed by atoms with van der Waals surface area (Å²) in [6.07, 6.45) is -9.66. The van der Waals surface area contributed by atoms with Crippen molar-refractivity contribution < 1.29 is 26.3 Å². The number of nitrogens with two attached hydrogens (primary N) is 1. The van der Waals surface area contributed by atoms with Crippen molar-refractivity contribution in [3.63, 3.8) is 0 Å². The Morgan fingerprint density at radius 2 is 1.19 bits per heavy atom. The van der Waals surface area contributed by atoms with Crippen LogP contribution < -0.4 is 5.14 Å². The molecule has 1 aromatic rings. The molecule has 0 radical (unpaired) electrons. The largest absolute Gasteiger partial charge is 0.416 e. The van der Waals surface area contributed by atoms with Gasteiger partial charge in [-0.2, -0.15) is 26.3 Å². The van der Waals surface area contributed by atoms with E-state index in [0.717, 1.165) is 0 Å². The highest BCUT2D eigenvalue weighted by Gasteiger charge is 2.36. The van der Waals surface area contributed by atoms with Crippen LogP contribution in [0.5, 0.6) is 0 Å². The fourth-order valence-corrected chi connectivity index (χ4v) is 1.38. The second-order valence-corrected chi connectivity index (χ2v) is 3.57. The highest BCUT2D eigenvalue weighted by molar-refractivity contribution is 7.97. The third kappa shape index (κ3) is 3.05. The minimum absolute atomic E-state index is 0.0553. The van der Waals surface area contributed by atoms with Crippen LogP contribution in [0.3, 0.4) is 0 Å². The molecule has 90 valence electrons. The quantitative estimate of drug-likeness (QED) is 0.616. The first kappa shape index (κ1) is 13.2. The Labute approximate surface area is 90.8 Å². The lowest BCUT2D eigenvalue weighted by atomic mass is 10.1. The van der Waals surface area contributed by atoms with E-state index in [-0.39, 0.29) is 11.0 Å². The summed E-state index contributed by atoms with van der Waals surface area (Å²) in [6, 6.07) is 1.19. The van der Waals surface area contributed by atoms with Gasteiger partial charge < -0.3 is 0 Å². The predicted molar refractivity (Wildman–Crippen MR) is 46.5 cm³/mol. The normalized spacial score (nSPS) is 12.9. The lowest BCUT2D eigenvalue weighted by Crippen LogP contribution is -2.11. The molecule has 0 aliphatic carbocycles. The molecule has 0 unspecified atom stereocenters. The summed E-state index contributed by atoms with van der Waals surface area (Å²) < 4.78 is 73.5. The molecule has 0 aliphatic rings. The Morgan fingerprint density at radius 3 is 1.44 bits per heavy atom. The molecular formula is C8H5F6NS. The molecule has 0 bridgehead atoms. The van der Waals surface area contributed by atoms with Crippen molar-refractivity contribution in [2.75, 3.05) is 0 Å². The molecule has 0 fully saturated rings. The molecule has 0 aliphatic heterocycles. The first-order valence-corrected chi connectivity index (χ1v) is 4.69. The van der Waals surface area contributed by atoms with Crippen molar-refractivity contribution in [3.8, 4) is 0 Å². The van der Waals surface area contributed by atoms with Crippen LogP contribution in [0.2, 0.25) is 0 Å². The number of rotatable bonds is 1. The van der Waals surface area contributed by atoms with E-state index in [1.807, 2.05) is 0 Å². The zero-order valence-corrected chi connectivity index (χ0v) is 8.30. The fourth-order valence-electron chi connectivity index (χ4n) is 0.994. The average Bonchev–Trinajstić information content (AvgIpc) is 2.14. The SMILES string of the molecule is NSc1cc(C(F)(F)F)cc(C(F)(F)F)c1. The van der Waals surface area contributed by atoms with Crippen LogP contribution in [0.4, 0.5) is 26.3 Å². The molecular weight excluding hydrogens is 256 g/mol.